The van der Waals surface area contributed by atoms with Gasteiger partial charge in [-0.2, -0.15) is 0 Å². The van der Waals surface area contributed by atoms with E-state index in [1.807, 2.05) is 52.0 Å². The minimum atomic E-state index is -3.52. The maximum atomic E-state index is 12.7. The summed E-state index contributed by atoms with van der Waals surface area (Å²) in [5.74, 6) is 0.304. The number of nitrogen functional groups attached to an aromatic ring is 2. The number of fused-ring (bicyclic) bond motifs is 3. The second-order valence-electron chi connectivity index (χ2n) is 31.5. The Morgan fingerprint density at radius 1 is 0.419 bits per heavy atom. The third-order valence-corrected chi connectivity index (χ3v) is 28.5. The van der Waals surface area contributed by atoms with Crippen LogP contribution in [-0.2, 0) is 90.9 Å². The molecule has 6 aromatic heterocycles. The van der Waals surface area contributed by atoms with Crippen molar-refractivity contribution in [2.24, 2.45) is 38.7 Å². The van der Waals surface area contributed by atoms with E-state index in [4.69, 9.17) is 52.0 Å². The Morgan fingerprint density at radius 2 is 0.713 bits per heavy atom. The van der Waals surface area contributed by atoms with Crippen molar-refractivity contribution >= 4 is 241 Å². The van der Waals surface area contributed by atoms with Gasteiger partial charge in [0.05, 0.1) is 109 Å². The molecule has 2 saturated carbocycles. The molecule has 0 saturated heterocycles. The summed E-state index contributed by atoms with van der Waals surface area (Å²) in [6, 6.07) is 34.3. The molecule has 736 valence electrons. The average molecular weight is 2130 g/mol. The topological polar surface area (TPSA) is 611 Å². The minimum Gasteiger partial charge on any atom is -0.397 e. The number of aryl methyl sites for hydroxylation is 8. The number of amides is 2. The predicted octanol–water partition coefficient (Wildman–Crippen LogP) is 10.9. The Balaban J connectivity index is 0.000000219. The number of halogens is 4. The van der Waals surface area contributed by atoms with Crippen LogP contribution in [0.25, 0.3) is 33.1 Å². The number of aromatic nitrogens is 9. The van der Waals surface area contributed by atoms with Crippen molar-refractivity contribution in [2.45, 2.75) is 60.3 Å². The number of nitrogens with one attached hydrogen (secondary N) is 6. The van der Waals surface area contributed by atoms with E-state index in [1.54, 1.807) is 88.7 Å². The molecule has 12 aromatic rings. The number of aromatic amines is 3. The molecule has 54 heteroatoms. The van der Waals surface area contributed by atoms with Crippen LogP contribution < -0.4 is 75.7 Å². The number of hydrogen-bond donors (Lipinski definition) is 9. The van der Waals surface area contributed by atoms with Gasteiger partial charge in [-0.3, -0.25) is 99.4 Å². The number of H-pyrrole nitrogens is 3. The van der Waals surface area contributed by atoms with E-state index in [2.05, 4.69) is 62.1 Å². The van der Waals surface area contributed by atoms with Crippen molar-refractivity contribution in [3.8, 4) is 0 Å². The first-order valence-corrected chi connectivity index (χ1v) is 52.8. The molecule has 44 nitrogen and oxygen atoms in total. The summed E-state index contributed by atoms with van der Waals surface area (Å²) < 4.78 is 150. The van der Waals surface area contributed by atoms with Crippen LogP contribution in [0.5, 0.6) is 0 Å². The second-order valence-corrected chi connectivity index (χ2v) is 45.6. The highest BCUT2D eigenvalue weighted by Gasteiger charge is 2.32. The maximum Gasteiger partial charge on any atom is 0.293 e. The van der Waals surface area contributed by atoms with E-state index < -0.39 is 70.0 Å². The molecule has 2 aliphatic carbocycles. The van der Waals surface area contributed by atoms with Gasteiger partial charge in [0.2, 0.25) is 72.0 Å². The van der Waals surface area contributed by atoms with Gasteiger partial charge in [-0.25, -0.2) is 65.5 Å². The lowest BCUT2D eigenvalue weighted by molar-refractivity contribution is -0.384. The predicted molar refractivity (Wildman–Crippen MR) is 541 cm³/mol. The van der Waals surface area contributed by atoms with E-state index in [9.17, 15) is 94.7 Å². The number of carbonyl (C=O) groups excluding carboxylic acids is 2. The Morgan fingerprint density at radius 3 is 1.07 bits per heavy atom. The van der Waals surface area contributed by atoms with Crippen molar-refractivity contribution < 1.29 is 69.9 Å². The Bertz CT molecular complexity index is 7360. The summed E-state index contributed by atoms with van der Waals surface area (Å²) in [5.41, 5.74) is 25.4. The third-order valence-electron chi connectivity index (χ3n) is 20.2. The molecule has 6 aromatic carbocycles. The molecular formula is C82H103BrCl3N23O21S6. The molecule has 0 unspecified atom stereocenters. The van der Waals surface area contributed by atoms with Crippen molar-refractivity contribution in [2.75, 3.05) is 133 Å². The highest BCUT2D eigenvalue weighted by molar-refractivity contribution is 9.10. The van der Waals surface area contributed by atoms with Crippen LogP contribution in [0, 0.1) is 66.7 Å². The lowest BCUT2D eigenvalue weighted by Gasteiger charge is -2.22. The van der Waals surface area contributed by atoms with Crippen LogP contribution in [0.4, 0.5) is 85.4 Å². The van der Waals surface area contributed by atoms with Gasteiger partial charge in [-0.05, 0) is 167 Å². The van der Waals surface area contributed by atoms with Crippen LogP contribution in [0.1, 0.15) is 53.5 Å². The average Bonchev–Trinajstić information content (AvgIpc) is 1.60. The van der Waals surface area contributed by atoms with Crippen LogP contribution in [0.2, 0.25) is 15.3 Å². The molecule has 2 aliphatic rings. The number of hydrogen-bond acceptors (Lipinski definition) is 28. The fourth-order valence-electron chi connectivity index (χ4n) is 11.9. The summed E-state index contributed by atoms with van der Waals surface area (Å²) in [7, 11) is -7.26. The van der Waals surface area contributed by atoms with Gasteiger partial charge in [0.1, 0.15) is 43.7 Å². The highest BCUT2D eigenvalue weighted by Crippen LogP contribution is 2.39. The van der Waals surface area contributed by atoms with Crippen LogP contribution in [0.3, 0.4) is 0 Å². The zero-order valence-electron chi connectivity index (χ0n) is 77.1. The van der Waals surface area contributed by atoms with E-state index in [-0.39, 0.29) is 73.4 Å². The molecule has 136 heavy (non-hydrogen) atoms. The van der Waals surface area contributed by atoms with Gasteiger partial charge < -0.3 is 33.2 Å². The number of benzene rings is 6. The first-order chi connectivity index (χ1) is 62.6. The number of nitrogens with two attached hydrogens (primary N) is 3. The number of nitrogens with zero attached hydrogens (tertiary/aromatic N) is 14. The van der Waals surface area contributed by atoms with Crippen molar-refractivity contribution in [1.82, 2.24) is 44.3 Å². The van der Waals surface area contributed by atoms with Gasteiger partial charge in [0.25, 0.3) is 28.1 Å². The van der Waals surface area contributed by atoms with E-state index >= 15 is 0 Å². The molecule has 2 fully saturated rings. The number of anilines is 13. The van der Waals surface area contributed by atoms with Crippen molar-refractivity contribution in [1.29, 1.82) is 0 Å². The standard InChI is InChI=1S/C20H24N6O4S.C16H18ClN5O3S.C9H12N2O4S.2C9H14N2O2S.C8H9BrN2O4S.C7H5Cl2N3O.C4H7NO/c1-11-5-8-13(15(9-11)26(3)31(4,29)30)21-14-10-16(23-19(27)12-6-7-12)22-18-17(14)20(28)25(2)24-18;1-9-5-6-10(12(7-9)22(3)26(4,24)25)18-11-8-13(17)19-15-14(11)16(23)21(2)20-15;1-7-4-5-8(11(12)13)9(6-7)10(2)16(3,14)15;2*1-7-4-5-8(10)9(6-7)11(2)14(3,12)13;1-10(16(2,14)15)8-5-6(9)3-4-7(8)11(12)13;1-12-7(13)5-3(8)2-4(9)10-6(5)11-12;5-4(6)3-1-2-3/h5,8-10,12H,6-7H2,1-4H3,(H3,21,22,23,24,27);5-8H,1-4H3,(H2,18,19,20);4-6H,1-3H3;2*4-6H,10H2,1-3H3;3-5H,1-2H3;2H,1H3,(H,10,11);3H,1-2H2,(H2,5,6). The fourth-order valence-corrected chi connectivity index (χ4v) is 16.1. The minimum absolute atomic E-state index is 0.00385. The molecule has 14 rings (SSSR count). The molecule has 2 amide bonds. The number of carbonyl (C=O) groups is 2. The second kappa shape index (κ2) is 44.5. The molecule has 12 N–H and O–H groups in total. The van der Waals surface area contributed by atoms with E-state index in [0.717, 1.165) is 99.6 Å². The summed E-state index contributed by atoms with van der Waals surface area (Å²) >= 11 is 20.7. The smallest absolute Gasteiger partial charge is 0.293 e. The molecule has 0 bridgehead atoms. The lowest BCUT2D eigenvalue weighted by Crippen LogP contribution is -2.25. The van der Waals surface area contributed by atoms with E-state index in [0.29, 0.717) is 105 Å². The first-order valence-electron chi connectivity index (χ1n) is 39.8. The molecule has 0 aliphatic heterocycles. The first kappa shape index (κ1) is 110. The number of sulfonamides is 6. The summed E-state index contributed by atoms with van der Waals surface area (Å²) in [6.45, 7) is 9.25. The number of rotatable bonds is 21. The van der Waals surface area contributed by atoms with Gasteiger partial charge in [-0.1, -0.05) is 81.1 Å². The number of nitro benzene ring substituents is 2. The molecular weight excluding hydrogens is 2020 g/mol. The molecule has 0 atom stereocenters. The van der Waals surface area contributed by atoms with Gasteiger partial charge in [-0.15, -0.1) is 0 Å². The SMILES string of the molecule is CN(c1cc(Br)ccc1[N+](=O)[O-])S(C)(=O)=O.Cc1ccc(N)c(N(C)S(C)(=O)=O)c1.Cc1ccc(N)c(N(C)S(C)(=O)=O)c1.Cc1ccc(Nc2cc(Cl)nc3[nH]n(C)c(=O)c23)c(N(C)S(C)(=O)=O)c1.Cc1ccc(Nc2cc(NC(=O)C3CC3)nc3[nH]n(C)c(=O)c23)c(N(C)S(C)(=O)=O)c1.Cc1ccc([N+](=O)[O-])c(N(C)S(C)(=O)=O)c1.Cn1[nH]c2nc(Cl)cc(Cl)c2c1=O.NC(=O)C1CC1. The number of primary amides is 1. The summed E-state index contributed by atoms with van der Waals surface area (Å²) in [4.78, 5) is 91.4. The Kier molecular flexibility index (Phi) is 36.1. The lowest BCUT2D eigenvalue weighted by atomic mass is 10.1. The van der Waals surface area contributed by atoms with Gasteiger partial charge >= 0.3 is 0 Å². The van der Waals surface area contributed by atoms with Crippen molar-refractivity contribution in [3.05, 3.63) is 226 Å². The molecule has 6 heterocycles. The number of nitro groups is 2. The highest BCUT2D eigenvalue weighted by atomic mass is 79.9. The van der Waals surface area contributed by atoms with Crippen LogP contribution >= 0.6 is 50.7 Å². The zero-order valence-corrected chi connectivity index (χ0v) is 85.9. The van der Waals surface area contributed by atoms with Gasteiger partial charge in [0.15, 0.2) is 16.9 Å². The normalized spacial score (nSPS) is 12.4. The quantitative estimate of drug-likeness (QED) is 0.0140. The fraction of sp³-hybridized carbons (Fsp3) is 0.317. The maximum absolute atomic E-state index is 12.7. The van der Waals surface area contributed by atoms with Crippen molar-refractivity contribution in [3.63, 3.8) is 0 Å². The molecule has 0 spiro atoms. The van der Waals surface area contributed by atoms with E-state index in [1.165, 1.54) is 116 Å². The zero-order chi connectivity index (χ0) is 103. The summed E-state index contributed by atoms with van der Waals surface area (Å²) in [5, 5.41) is 40.8. The monoisotopic (exact) mass is 2120 g/mol. The van der Waals surface area contributed by atoms with Gasteiger partial charge in [0, 0.05) is 97.9 Å². The van der Waals surface area contributed by atoms with Crippen LogP contribution in [-0.4, -0.2) is 196 Å². The Labute approximate surface area is 807 Å². The largest absolute Gasteiger partial charge is 0.397 e. The Hall–Kier alpha value is -12.6. The number of pyridine rings is 3. The van der Waals surface area contributed by atoms with Crippen LogP contribution in [0.15, 0.2) is 146 Å². The summed E-state index contributed by atoms with van der Waals surface area (Å²) in [6.07, 6.45) is 10.3. The third kappa shape index (κ3) is 29.7. The molecule has 0 radical (unpaired) electrons.